The minimum Gasteiger partial charge on any atom is -0.356 e. The Bertz CT molecular complexity index is 637. The Kier molecular flexibility index (Phi) is 6.80. The minimum absolute atomic E-state index is 0.180. The number of hydrogen-bond donors (Lipinski definition) is 2. The van der Waals surface area contributed by atoms with Gasteiger partial charge in [0, 0.05) is 0 Å². The molecule has 0 saturated heterocycles. The van der Waals surface area contributed by atoms with Gasteiger partial charge in [0.2, 0.25) is 0 Å². The van der Waals surface area contributed by atoms with Crippen LogP contribution >= 0.6 is 12.2 Å². The van der Waals surface area contributed by atoms with Crippen LogP contribution in [-0.2, 0) is 0 Å². The normalized spacial score (nSPS) is 14.5. The number of nitrogens with one attached hydrogen (secondary N) is 2. The summed E-state index contributed by atoms with van der Waals surface area (Å²) in [5.74, 6) is 0.608. The van der Waals surface area contributed by atoms with Crippen LogP contribution < -0.4 is 10.6 Å². The molecule has 0 fully saturated rings. The monoisotopic (exact) mass is 340 g/mol. The van der Waals surface area contributed by atoms with Crippen molar-refractivity contribution in [3.63, 3.8) is 0 Å². The lowest BCUT2D eigenvalue weighted by Gasteiger charge is -2.21. The molecular weight excluding hydrogens is 312 g/mol. The molecule has 0 saturated carbocycles. The average molecular weight is 341 g/mol. The third-order valence-corrected chi connectivity index (χ3v) is 4.85. The molecule has 3 unspecified atom stereocenters. The fourth-order valence-electron chi connectivity index (χ4n) is 2.69. The topological polar surface area (TPSA) is 24.1 Å². The van der Waals surface area contributed by atoms with E-state index in [0.717, 1.165) is 0 Å². The largest absolute Gasteiger partial charge is 0.356 e. The van der Waals surface area contributed by atoms with Gasteiger partial charge >= 0.3 is 0 Å². The molecule has 128 valence electrons. The van der Waals surface area contributed by atoms with Crippen LogP contribution in [-0.4, -0.2) is 5.11 Å². The van der Waals surface area contributed by atoms with Crippen LogP contribution in [0.5, 0.6) is 0 Å². The van der Waals surface area contributed by atoms with Gasteiger partial charge in [0.05, 0.1) is 12.1 Å². The molecule has 0 heterocycles. The van der Waals surface area contributed by atoms with E-state index in [1.807, 2.05) is 18.2 Å². The van der Waals surface area contributed by atoms with Gasteiger partial charge in [-0.15, -0.1) is 0 Å². The number of thiocarbonyl (C=S) groups is 1. The van der Waals surface area contributed by atoms with E-state index in [1.54, 1.807) is 0 Å². The molecule has 0 amide bonds. The van der Waals surface area contributed by atoms with Gasteiger partial charge in [-0.05, 0) is 55.1 Å². The summed E-state index contributed by atoms with van der Waals surface area (Å²) in [6.07, 6.45) is 1.17. The van der Waals surface area contributed by atoms with Crippen molar-refractivity contribution < 1.29 is 0 Å². The van der Waals surface area contributed by atoms with E-state index < -0.39 is 0 Å². The first kappa shape index (κ1) is 18.5. The van der Waals surface area contributed by atoms with Crippen LogP contribution in [0.1, 0.15) is 68.8 Å². The number of hydrogen-bond acceptors (Lipinski definition) is 1. The highest BCUT2D eigenvalue weighted by Crippen LogP contribution is 2.21. The van der Waals surface area contributed by atoms with Crippen molar-refractivity contribution in [1.82, 2.24) is 10.6 Å². The lowest BCUT2D eigenvalue weighted by molar-refractivity contribution is 0.655. The van der Waals surface area contributed by atoms with Gasteiger partial charge in [0.1, 0.15) is 0 Å². The summed E-state index contributed by atoms with van der Waals surface area (Å²) in [5.41, 5.74) is 3.87. The molecule has 0 aliphatic carbocycles. The number of benzene rings is 2. The van der Waals surface area contributed by atoms with Gasteiger partial charge in [-0.2, -0.15) is 0 Å². The highest BCUT2D eigenvalue weighted by atomic mass is 32.1. The summed E-state index contributed by atoms with van der Waals surface area (Å²) in [6.45, 7) is 8.75. The second kappa shape index (κ2) is 8.84. The van der Waals surface area contributed by atoms with Crippen LogP contribution in [0.25, 0.3) is 0 Å². The minimum atomic E-state index is 0.180. The molecule has 3 heteroatoms. The van der Waals surface area contributed by atoms with Crippen molar-refractivity contribution in [2.24, 2.45) is 0 Å². The zero-order valence-corrected chi connectivity index (χ0v) is 15.9. The molecular formula is C21H28N2S. The summed E-state index contributed by atoms with van der Waals surface area (Å²) in [4.78, 5) is 0. The SMILES string of the molecule is CCC(C)c1ccc(C(C)NC(=S)NC(C)c2ccccc2)cc1. The predicted octanol–water partition coefficient (Wildman–Crippen LogP) is 5.49. The zero-order chi connectivity index (χ0) is 17.5. The zero-order valence-electron chi connectivity index (χ0n) is 15.0. The molecule has 0 aliphatic heterocycles. The van der Waals surface area contributed by atoms with Gasteiger partial charge in [-0.1, -0.05) is 68.4 Å². The predicted molar refractivity (Wildman–Crippen MR) is 107 cm³/mol. The van der Waals surface area contributed by atoms with Gasteiger partial charge in [0.15, 0.2) is 5.11 Å². The summed E-state index contributed by atoms with van der Waals surface area (Å²) in [6, 6.07) is 19.6. The van der Waals surface area contributed by atoms with E-state index >= 15 is 0 Å². The molecule has 3 atom stereocenters. The molecule has 2 rings (SSSR count). The Balaban J connectivity index is 1.91. The summed E-state index contributed by atoms with van der Waals surface area (Å²) < 4.78 is 0. The van der Waals surface area contributed by atoms with Crippen LogP contribution in [0.15, 0.2) is 54.6 Å². The average Bonchev–Trinajstić information content (AvgIpc) is 2.61. The van der Waals surface area contributed by atoms with Crippen molar-refractivity contribution in [2.75, 3.05) is 0 Å². The van der Waals surface area contributed by atoms with Crippen molar-refractivity contribution >= 4 is 17.3 Å². The van der Waals surface area contributed by atoms with Gasteiger partial charge in [-0.25, -0.2) is 0 Å². The third-order valence-electron chi connectivity index (χ3n) is 4.61. The summed E-state index contributed by atoms with van der Waals surface area (Å²) in [7, 11) is 0. The molecule has 0 spiro atoms. The lowest BCUT2D eigenvalue weighted by atomic mass is 9.96. The Morgan fingerprint density at radius 3 is 1.75 bits per heavy atom. The fourth-order valence-corrected chi connectivity index (χ4v) is 3.05. The van der Waals surface area contributed by atoms with Crippen molar-refractivity contribution in [2.45, 2.75) is 52.1 Å². The third kappa shape index (κ3) is 5.07. The van der Waals surface area contributed by atoms with E-state index in [1.165, 1.54) is 23.1 Å². The summed E-state index contributed by atoms with van der Waals surface area (Å²) in [5, 5.41) is 7.42. The molecule has 0 aliphatic rings. The molecule has 2 nitrogen and oxygen atoms in total. The first-order valence-corrected chi connectivity index (χ1v) is 9.14. The van der Waals surface area contributed by atoms with E-state index in [2.05, 4.69) is 74.7 Å². The number of rotatable bonds is 6. The van der Waals surface area contributed by atoms with E-state index in [0.29, 0.717) is 11.0 Å². The van der Waals surface area contributed by atoms with Crippen molar-refractivity contribution in [3.05, 3.63) is 71.3 Å². The highest BCUT2D eigenvalue weighted by molar-refractivity contribution is 7.80. The molecule has 24 heavy (non-hydrogen) atoms. The quantitative estimate of drug-likeness (QED) is 0.680. The molecule has 2 aromatic carbocycles. The van der Waals surface area contributed by atoms with Gasteiger partial charge in [-0.3, -0.25) is 0 Å². The second-order valence-corrected chi connectivity index (χ2v) is 6.86. The second-order valence-electron chi connectivity index (χ2n) is 6.45. The maximum atomic E-state index is 5.47. The molecule has 2 N–H and O–H groups in total. The maximum Gasteiger partial charge on any atom is 0.167 e. The van der Waals surface area contributed by atoms with Crippen molar-refractivity contribution in [3.8, 4) is 0 Å². The Morgan fingerprint density at radius 1 is 0.792 bits per heavy atom. The van der Waals surface area contributed by atoms with E-state index in [9.17, 15) is 0 Å². The molecule has 0 bridgehead atoms. The standard InChI is InChI=1S/C21H28N2S/c1-5-15(2)18-11-13-20(14-12-18)17(4)23-21(24)22-16(3)19-9-7-6-8-10-19/h6-17H,5H2,1-4H3,(H2,22,23,24). The molecule has 2 aromatic rings. The van der Waals surface area contributed by atoms with Gasteiger partial charge < -0.3 is 10.6 Å². The first-order valence-electron chi connectivity index (χ1n) is 8.73. The lowest BCUT2D eigenvalue weighted by Crippen LogP contribution is -2.38. The fraction of sp³-hybridized carbons (Fsp3) is 0.381. The molecule has 0 aromatic heterocycles. The van der Waals surface area contributed by atoms with Gasteiger partial charge in [0.25, 0.3) is 0 Å². The van der Waals surface area contributed by atoms with E-state index in [-0.39, 0.29) is 12.1 Å². The molecule has 0 radical (unpaired) electrons. The Hall–Kier alpha value is -1.87. The van der Waals surface area contributed by atoms with Crippen LogP contribution in [0, 0.1) is 0 Å². The van der Waals surface area contributed by atoms with Crippen LogP contribution in [0.3, 0.4) is 0 Å². The Labute approximate surface area is 151 Å². The van der Waals surface area contributed by atoms with E-state index in [4.69, 9.17) is 12.2 Å². The first-order chi connectivity index (χ1) is 11.5. The maximum absolute atomic E-state index is 5.47. The van der Waals surface area contributed by atoms with Crippen LogP contribution in [0.2, 0.25) is 0 Å². The van der Waals surface area contributed by atoms with Crippen molar-refractivity contribution in [1.29, 1.82) is 0 Å². The smallest absolute Gasteiger partial charge is 0.167 e. The Morgan fingerprint density at radius 2 is 1.25 bits per heavy atom. The summed E-state index contributed by atoms with van der Waals surface area (Å²) >= 11 is 5.47. The highest BCUT2D eigenvalue weighted by Gasteiger charge is 2.11. The van der Waals surface area contributed by atoms with Crippen LogP contribution in [0.4, 0.5) is 0 Å².